The van der Waals surface area contributed by atoms with E-state index in [-0.39, 0.29) is 5.91 Å². The van der Waals surface area contributed by atoms with Gasteiger partial charge in [-0.15, -0.1) is 11.3 Å². The molecule has 4 heterocycles. The van der Waals surface area contributed by atoms with Gasteiger partial charge < -0.3 is 14.5 Å². The number of thiophene rings is 1. The normalized spacial score (nSPS) is 13.6. The topological polar surface area (TPSA) is 51.9 Å². The molecule has 7 heteroatoms. The molecule has 5 rings (SSSR count). The number of aromatic nitrogens is 3. The number of imidazole rings is 1. The van der Waals surface area contributed by atoms with Crippen molar-refractivity contribution in [2.45, 2.75) is 18.7 Å². The number of rotatable bonds is 4. The number of carbonyl (C=O) groups is 1. The second kappa shape index (κ2) is 7.14. The zero-order chi connectivity index (χ0) is 19.1. The van der Waals surface area contributed by atoms with Gasteiger partial charge in [0.25, 0.3) is 5.91 Å². The SMILES string of the molecule is Cn1c(CNC(=O)c2c(-n3cccc3)sc3c2CCSC3)nc2ccccc21. The molecule has 0 spiro atoms. The number of nitrogens with one attached hydrogen (secondary N) is 1. The fraction of sp³-hybridized carbons (Fsp3) is 0.238. The highest BCUT2D eigenvalue weighted by atomic mass is 32.2. The summed E-state index contributed by atoms with van der Waals surface area (Å²) >= 11 is 3.68. The Labute approximate surface area is 171 Å². The van der Waals surface area contributed by atoms with Crippen molar-refractivity contribution >= 4 is 40.0 Å². The van der Waals surface area contributed by atoms with Crippen LogP contribution in [-0.4, -0.2) is 25.8 Å². The fourth-order valence-corrected chi connectivity index (χ4v) is 6.15. The molecule has 1 aliphatic heterocycles. The Morgan fingerprint density at radius 2 is 2.04 bits per heavy atom. The molecule has 0 saturated heterocycles. The molecule has 0 unspecified atom stereocenters. The van der Waals surface area contributed by atoms with Crippen molar-refractivity contribution < 1.29 is 4.79 Å². The van der Waals surface area contributed by atoms with Crippen LogP contribution in [-0.2, 0) is 25.8 Å². The van der Waals surface area contributed by atoms with Crippen LogP contribution in [0, 0.1) is 0 Å². The Morgan fingerprint density at radius 3 is 2.86 bits per heavy atom. The molecule has 0 aliphatic carbocycles. The maximum Gasteiger partial charge on any atom is 0.254 e. The number of hydrogen-bond acceptors (Lipinski definition) is 4. The Kier molecular flexibility index (Phi) is 4.49. The third-order valence-corrected chi connectivity index (χ3v) is 7.57. The smallest absolute Gasteiger partial charge is 0.254 e. The molecular weight excluding hydrogens is 388 g/mol. The zero-order valence-electron chi connectivity index (χ0n) is 15.5. The van der Waals surface area contributed by atoms with Gasteiger partial charge in [-0.1, -0.05) is 12.1 Å². The molecule has 1 N–H and O–H groups in total. The molecule has 3 aromatic heterocycles. The Morgan fingerprint density at radius 1 is 1.21 bits per heavy atom. The van der Waals surface area contributed by atoms with Crippen molar-refractivity contribution in [3.63, 3.8) is 0 Å². The Hall–Kier alpha value is -2.51. The third kappa shape index (κ3) is 2.95. The van der Waals surface area contributed by atoms with Gasteiger partial charge in [0.2, 0.25) is 0 Å². The van der Waals surface area contributed by atoms with Crippen molar-refractivity contribution in [1.82, 2.24) is 19.4 Å². The number of benzene rings is 1. The van der Waals surface area contributed by atoms with Gasteiger partial charge in [0.05, 0.1) is 23.1 Å². The van der Waals surface area contributed by atoms with Crippen molar-refractivity contribution in [3.8, 4) is 5.00 Å². The van der Waals surface area contributed by atoms with Crippen LogP contribution in [0.25, 0.3) is 16.0 Å². The largest absolute Gasteiger partial charge is 0.345 e. The van der Waals surface area contributed by atoms with E-state index in [1.807, 2.05) is 72.2 Å². The number of hydrogen-bond donors (Lipinski definition) is 1. The molecule has 1 amide bonds. The van der Waals surface area contributed by atoms with Gasteiger partial charge in [0.15, 0.2) is 0 Å². The quantitative estimate of drug-likeness (QED) is 0.552. The van der Waals surface area contributed by atoms with Crippen molar-refractivity contribution in [1.29, 1.82) is 0 Å². The minimum atomic E-state index is -0.0137. The molecule has 0 atom stereocenters. The standard InChI is InChI=1S/C21H20N4OS2/c1-24-16-7-3-2-6-15(16)23-18(24)12-22-20(26)19-14-8-11-27-13-17(14)28-21(19)25-9-4-5-10-25/h2-7,9-10H,8,11-13H2,1H3,(H,22,26). The third-order valence-electron chi connectivity index (χ3n) is 5.15. The lowest BCUT2D eigenvalue weighted by molar-refractivity contribution is 0.0949. The van der Waals surface area contributed by atoms with Crippen LogP contribution >= 0.6 is 23.1 Å². The molecule has 0 saturated carbocycles. The first-order valence-corrected chi connectivity index (χ1v) is 11.2. The number of carbonyl (C=O) groups excluding carboxylic acids is 1. The maximum absolute atomic E-state index is 13.2. The molecule has 0 radical (unpaired) electrons. The van der Waals surface area contributed by atoms with Gasteiger partial charge in [-0.05, 0) is 42.0 Å². The first-order valence-electron chi connectivity index (χ1n) is 9.26. The van der Waals surface area contributed by atoms with Crippen LogP contribution in [0.3, 0.4) is 0 Å². The lowest BCUT2D eigenvalue weighted by Crippen LogP contribution is -2.26. The predicted molar refractivity (Wildman–Crippen MR) is 115 cm³/mol. The molecule has 142 valence electrons. The summed E-state index contributed by atoms with van der Waals surface area (Å²) in [4.78, 5) is 19.2. The molecular formula is C21H20N4OS2. The Bertz CT molecular complexity index is 1160. The highest BCUT2D eigenvalue weighted by Gasteiger charge is 2.26. The highest BCUT2D eigenvalue weighted by molar-refractivity contribution is 7.98. The second-order valence-corrected chi connectivity index (χ2v) is 9.02. The number of aryl methyl sites for hydroxylation is 1. The number of nitrogens with zero attached hydrogens (tertiary/aromatic N) is 3. The Balaban J connectivity index is 1.46. The molecule has 28 heavy (non-hydrogen) atoms. The van der Waals surface area contributed by atoms with Crippen LogP contribution < -0.4 is 5.32 Å². The van der Waals surface area contributed by atoms with E-state index in [0.717, 1.165) is 45.3 Å². The summed E-state index contributed by atoms with van der Waals surface area (Å²) in [6.45, 7) is 0.411. The van der Waals surface area contributed by atoms with Gasteiger partial charge in [-0.2, -0.15) is 11.8 Å². The van der Waals surface area contributed by atoms with Gasteiger partial charge in [0.1, 0.15) is 10.8 Å². The zero-order valence-corrected chi connectivity index (χ0v) is 17.1. The summed E-state index contributed by atoms with van der Waals surface area (Å²) in [6.07, 6.45) is 4.96. The number of amides is 1. The van der Waals surface area contributed by atoms with E-state index < -0.39 is 0 Å². The lowest BCUT2D eigenvalue weighted by atomic mass is 10.1. The summed E-state index contributed by atoms with van der Waals surface area (Å²) in [6, 6.07) is 12.0. The van der Waals surface area contributed by atoms with E-state index in [0.29, 0.717) is 6.54 Å². The van der Waals surface area contributed by atoms with Crippen LogP contribution in [0.15, 0.2) is 48.8 Å². The first kappa shape index (κ1) is 17.6. The first-order chi connectivity index (χ1) is 13.7. The van der Waals surface area contributed by atoms with E-state index in [9.17, 15) is 4.79 Å². The van der Waals surface area contributed by atoms with Gasteiger partial charge >= 0.3 is 0 Å². The second-order valence-electron chi connectivity index (χ2n) is 6.84. The summed E-state index contributed by atoms with van der Waals surface area (Å²) < 4.78 is 4.10. The van der Waals surface area contributed by atoms with Crippen LogP contribution in [0.4, 0.5) is 0 Å². The van der Waals surface area contributed by atoms with E-state index in [1.165, 1.54) is 10.4 Å². The van der Waals surface area contributed by atoms with Gasteiger partial charge in [0, 0.05) is 30.1 Å². The molecule has 0 fully saturated rings. The summed E-state index contributed by atoms with van der Waals surface area (Å²) in [7, 11) is 1.99. The lowest BCUT2D eigenvalue weighted by Gasteiger charge is -2.13. The van der Waals surface area contributed by atoms with Crippen LogP contribution in [0.5, 0.6) is 0 Å². The van der Waals surface area contributed by atoms with Crippen LogP contribution in [0.2, 0.25) is 0 Å². The van der Waals surface area contributed by atoms with E-state index in [2.05, 4.69) is 14.9 Å². The van der Waals surface area contributed by atoms with Crippen molar-refractivity contribution in [3.05, 3.63) is 70.6 Å². The highest BCUT2D eigenvalue weighted by Crippen LogP contribution is 2.38. The molecule has 1 aromatic carbocycles. The maximum atomic E-state index is 13.2. The fourth-order valence-electron chi connectivity index (χ4n) is 3.71. The monoisotopic (exact) mass is 408 g/mol. The average molecular weight is 409 g/mol. The molecule has 4 aromatic rings. The minimum Gasteiger partial charge on any atom is -0.345 e. The van der Waals surface area contributed by atoms with Gasteiger partial charge in [-0.25, -0.2) is 4.98 Å². The average Bonchev–Trinajstić information content (AvgIpc) is 3.44. The molecule has 0 bridgehead atoms. The summed E-state index contributed by atoms with van der Waals surface area (Å²) in [5.74, 6) is 2.91. The molecule has 5 nitrogen and oxygen atoms in total. The van der Waals surface area contributed by atoms with E-state index >= 15 is 0 Å². The van der Waals surface area contributed by atoms with E-state index in [4.69, 9.17) is 0 Å². The van der Waals surface area contributed by atoms with Crippen molar-refractivity contribution in [2.24, 2.45) is 7.05 Å². The van der Waals surface area contributed by atoms with Crippen LogP contribution in [0.1, 0.15) is 26.6 Å². The summed E-state index contributed by atoms with van der Waals surface area (Å²) in [5, 5.41) is 4.13. The van der Waals surface area contributed by atoms with E-state index in [1.54, 1.807) is 11.3 Å². The minimum absolute atomic E-state index is 0.0137. The van der Waals surface area contributed by atoms with Gasteiger partial charge in [-0.3, -0.25) is 4.79 Å². The summed E-state index contributed by atoms with van der Waals surface area (Å²) in [5.41, 5.74) is 4.07. The number of para-hydroxylation sites is 2. The number of thioether (sulfide) groups is 1. The number of fused-ring (bicyclic) bond motifs is 2. The predicted octanol–water partition coefficient (Wildman–Crippen LogP) is 4.14. The van der Waals surface area contributed by atoms with Crippen molar-refractivity contribution in [2.75, 3.05) is 5.75 Å². The molecule has 1 aliphatic rings.